The van der Waals surface area contributed by atoms with E-state index in [0.29, 0.717) is 29.8 Å². The van der Waals surface area contributed by atoms with Crippen LogP contribution in [0.15, 0.2) is 59.1 Å². The fourth-order valence-electron chi connectivity index (χ4n) is 6.63. The Morgan fingerprint density at radius 3 is 2.46 bits per heavy atom. The molecular weight excluding hydrogens is 500 g/mol. The Bertz CT molecular complexity index is 1280. The zero-order valence-corrected chi connectivity index (χ0v) is 21.4. The summed E-state index contributed by atoms with van der Waals surface area (Å²) in [6, 6.07) is 7.79. The summed E-state index contributed by atoms with van der Waals surface area (Å²) < 4.78 is 21.6. The van der Waals surface area contributed by atoms with Gasteiger partial charge in [0, 0.05) is 16.5 Å². The third kappa shape index (κ3) is 4.07. The monoisotopic (exact) mass is 526 g/mol. The number of methoxy groups -OCH3 is 1. The van der Waals surface area contributed by atoms with Crippen LogP contribution in [0.3, 0.4) is 0 Å². The first-order chi connectivity index (χ1) is 17.6. The fourth-order valence-corrected chi connectivity index (χ4v) is 6.76. The molecule has 5 rings (SSSR count). The number of carbonyl (C=O) groups is 4. The van der Waals surface area contributed by atoms with Crippen molar-refractivity contribution in [2.75, 3.05) is 7.11 Å². The van der Waals surface area contributed by atoms with Crippen LogP contribution in [-0.4, -0.2) is 30.8 Å². The highest BCUT2D eigenvalue weighted by Crippen LogP contribution is 2.64. The number of cyclic esters (lactones) is 1. The lowest BCUT2D eigenvalue weighted by atomic mass is 9.44. The largest absolute Gasteiger partial charge is 0.472 e. The number of benzene rings is 1. The molecule has 1 aromatic heterocycles. The van der Waals surface area contributed by atoms with E-state index >= 15 is 0 Å². The molecule has 3 aliphatic rings. The number of fused-ring (bicyclic) bond motifs is 3. The van der Waals surface area contributed by atoms with Crippen LogP contribution in [0.4, 0.5) is 0 Å². The second-order valence-corrected chi connectivity index (χ2v) is 11.0. The molecule has 2 fully saturated rings. The van der Waals surface area contributed by atoms with Crippen LogP contribution < -0.4 is 0 Å². The molecule has 37 heavy (non-hydrogen) atoms. The highest BCUT2D eigenvalue weighted by atomic mass is 35.5. The Hall–Kier alpha value is -3.39. The molecule has 1 aliphatic heterocycles. The SMILES string of the molecule is COC(=O)[C@@H]1C=C(OC(=O)c2ccc(Cl)cc2)C(=O)[C@H]2[C@@]1(C)CC[C@H]1C(=O)O[C@H](c3ccoc3)C[C@]21C. The van der Waals surface area contributed by atoms with Crippen molar-refractivity contribution in [1.29, 1.82) is 0 Å². The average molecular weight is 527 g/mol. The highest BCUT2D eigenvalue weighted by molar-refractivity contribution is 6.30. The first-order valence-electron chi connectivity index (χ1n) is 12.1. The van der Waals surface area contributed by atoms with Crippen LogP contribution in [0.1, 0.15) is 55.1 Å². The summed E-state index contributed by atoms with van der Waals surface area (Å²) in [5, 5.41) is 0.448. The summed E-state index contributed by atoms with van der Waals surface area (Å²) >= 11 is 5.92. The molecule has 6 atom stereocenters. The summed E-state index contributed by atoms with van der Waals surface area (Å²) in [5.74, 6) is -4.52. The Morgan fingerprint density at radius 1 is 1.08 bits per heavy atom. The van der Waals surface area contributed by atoms with Gasteiger partial charge >= 0.3 is 17.9 Å². The van der Waals surface area contributed by atoms with Gasteiger partial charge in [0.05, 0.1) is 37.0 Å². The van der Waals surface area contributed by atoms with E-state index in [9.17, 15) is 19.2 Å². The van der Waals surface area contributed by atoms with E-state index in [1.807, 2.05) is 13.8 Å². The van der Waals surface area contributed by atoms with E-state index in [1.165, 1.54) is 37.8 Å². The zero-order valence-electron chi connectivity index (χ0n) is 20.7. The average Bonchev–Trinajstić information content (AvgIpc) is 3.40. The summed E-state index contributed by atoms with van der Waals surface area (Å²) in [4.78, 5) is 53.2. The van der Waals surface area contributed by atoms with E-state index in [2.05, 4.69) is 0 Å². The molecule has 0 bridgehead atoms. The van der Waals surface area contributed by atoms with Gasteiger partial charge in [-0.1, -0.05) is 25.4 Å². The molecule has 1 saturated carbocycles. The molecule has 2 heterocycles. The number of ketones is 1. The van der Waals surface area contributed by atoms with Gasteiger partial charge in [-0.2, -0.15) is 0 Å². The number of hydrogen-bond acceptors (Lipinski definition) is 8. The fraction of sp³-hybridized carbons (Fsp3) is 0.429. The molecule has 2 aliphatic carbocycles. The van der Waals surface area contributed by atoms with Crippen molar-refractivity contribution in [3.63, 3.8) is 0 Å². The Balaban J connectivity index is 1.56. The minimum atomic E-state index is -0.875. The Morgan fingerprint density at radius 2 is 1.81 bits per heavy atom. The van der Waals surface area contributed by atoms with Crippen LogP contribution in [0.5, 0.6) is 0 Å². The Labute approximate surface area is 218 Å². The van der Waals surface area contributed by atoms with E-state index in [-0.39, 0.29) is 11.3 Å². The molecule has 1 aromatic carbocycles. The molecule has 0 radical (unpaired) electrons. The van der Waals surface area contributed by atoms with Crippen molar-refractivity contribution in [1.82, 2.24) is 0 Å². The number of allylic oxidation sites excluding steroid dienone is 1. The second-order valence-electron chi connectivity index (χ2n) is 10.5. The molecule has 8 nitrogen and oxygen atoms in total. The maximum absolute atomic E-state index is 14.1. The topological polar surface area (TPSA) is 109 Å². The number of carbonyl (C=O) groups excluding carboxylic acids is 4. The van der Waals surface area contributed by atoms with Gasteiger partial charge < -0.3 is 18.6 Å². The molecule has 9 heteroatoms. The van der Waals surface area contributed by atoms with Crippen molar-refractivity contribution in [3.05, 3.63) is 70.8 Å². The van der Waals surface area contributed by atoms with E-state index in [4.69, 9.17) is 30.2 Å². The maximum atomic E-state index is 14.1. The van der Waals surface area contributed by atoms with Crippen LogP contribution >= 0.6 is 11.6 Å². The van der Waals surface area contributed by atoms with Gasteiger partial charge in [0.25, 0.3) is 0 Å². The second kappa shape index (κ2) is 9.17. The summed E-state index contributed by atoms with van der Waals surface area (Å²) in [5.41, 5.74) is -0.836. The number of halogens is 1. The van der Waals surface area contributed by atoms with Gasteiger partial charge in [0.15, 0.2) is 5.76 Å². The molecule has 0 N–H and O–H groups in total. The van der Waals surface area contributed by atoms with Gasteiger partial charge in [-0.15, -0.1) is 0 Å². The number of furan rings is 1. The standard InChI is InChI=1S/C28H27ClO8/c1-27-10-8-18-26(33)37-21(16-9-11-35-14-16)13-28(18,2)23(27)22(30)20(12-19(27)25(32)34-3)36-24(31)15-4-6-17(29)7-5-15/h4-7,9,11-12,14,18-19,21,23H,8,10,13H2,1-3H3/t18-,19-,21-,23-,27-,28-/m0/s1. The number of Topliss-reactive ketones (excluding diaryl/α,β-unsaturated/α-hetero) is 1. The maximum Gasteiger partial charge on any atom is 0.343 e. The third-order valence-electron chi connectivity index (χ3n) is 8.44. The van der Waals surface area contributed by atoms with Crippen molar-refractivity contribution in [3.8, 4) is 0 Å². The lowest BCUT2D eigenvalue weighted by Crippen LogP contribution is -2.61. The summed E-state index contributed by atoms with van der Waals surface area (Å²) in [7, 11) is 1.28. The van der Waals surface area contributed by atoms with E-state index in [0.717, 1.165) is 0 Å². The van der Waals surface area contributed by atoms with E-state index in [1.54, 1.807) is 18.2 Å². The minimum absolute atomic E-state index is 0.204. The van der Waals surface area contributed by atoms with Crippen molar-refractivity contribution in [2.45, 2.75) is 39.2 Å². The van der Waals surface area contributed by atoms with Gasteiger partial charge in [-0.05, 0) is 66.5 Å². The number of hydrogen-bond donors (Lipinski definition) is 0. The molecule has 1 saturated heterocycles. The van der Waals surface area contributed by atoms with Crippen LogP contribution in [0.25, 0.3) is 0 Å². The number of esters is 3. The predicted molar refractivity (Wildman–Crippen MR) is 130 cm³/mol. The van der Waals surface area contributed by atoms with Crippen LogP contribution in [0, 0.1) is 28.6 Å². The highest BCUT2D eigenvalue weighted by Gasteiger charge is 2.66. The normalized spacial score (nSPS) is 32.9. The molecule has 194 valence electrons. The molecule has 0 amide bonds. The predicted octanol–water partition coefficient (Wildman–Crippen LogP) is 5.07. The van der Waals surface area contributed by atoms with Crippen molar-refractivity contribution in [2.24, 2.45) is 28.6 Å². The van der Waals surface area contributed by atoms with Crippen LogP contribution in [0.2, 0.25) is 5.02 Å². The van der Waals surface area contributed by atoms with Crippen molar-refractivity contribution >= 4 is 35.3 Å². The summed E-state index contributed by atoms with van der Waals surface area (Å²) in [6.45, 7) is 3.77. The van der Waals surface area contributed by atoms with Gasteiger partial charge in [-0.3, -0.25) is 14.4 Å². The summed E-state index contributed by atoms with van der Waals surface area (Å²) in [6.07, 6.45) is 5.03. The first kappa shape index (κ1) is 25.3. The molecule has 0 spiro atoms. The molecule has 2 aromatic rings. The molecule has 0 unspecified atom stereocenters. The lowest BCUT2D eigenvalue weighted by molar-refractivity contribution is -0.197. The quantitative estimate of drug-likeness (QED) is 0.401. The van der Waals surface area contributed by atoms with Crippen LogP contribution in [-0.2, 0) is 28.6 Å². The minimum Gasteiger partial charge on any atom is -0.472 e. The lowest BCUT2D eigenvalue weighted by Gasteiger charge is -2.59. The third-order valence-corrected chi connectivity index (χ3v) is 8.69. The number of rotatable bonds is 4. The van der Waals surface area contributed by atoms with Gasteiger partial charge in [-0.25, -0.2) is 4.79 Å². The molecular formula is C28H27ClO8. The first-order valence-corrected chi connectivity index (χ1v) is 12.5. The van der Waals surface area contributed by atoms with Crippen molar-refractivity contribution < 1.29 is 37.8 Å². The number of ether oxygens (including phenoxy) is 3. The smallest absolute Gasteiger partial charge is 0.343 e. The van der Waals surface area contributed by atoms with E-state index < -0.39 is 58.4 Å². The van der Waals surface area contributed by atoms with Gasteiger partial charge in [0.2, 0.25) is 5.78 Å². The zero-order chi connectivity index (χ0) is 26.5. The van der Waals surface area contributed by atoms with Gasteiger partial charge in [0.1, 0.15) is 6.10 Å². The Kier molecular flexibility index (Phi) is 6.26.